The lowest BCUT2D eigenvalue weighted by Gasteiger charge is -2.19. The van der Waals surface area contributed by atoms with Crippen LogP contribution in [0.2, 0.25) is 0 Å². The molecular formula is C24H22FN5O3. The average molecular weight is 447 g/mol. The van der Waals surface area contributed by atoms with Crippen molar-refractivity contribution >= 4 is 5.91 Å². The first kappa shape index (κ1) is 21.9. The largest absolute Gasteiger partial charge is 0.492 e. The van der Waals surface area contributed by atoms with E-state index >= 15 is 0 Å². The fourth-order valence-corrected chi connectivity index (χ4v) is 3.34. The molecule has 0 saturated heterocycles. The molecule has 168 valence electrons. The maximum absolute atomic E-state index is 13.9. The number of halogens is 1. The second-order valence-corrected chi connectivity index (χ2v) is 7.30. The second-order valence-electron chi connectivity index (χ2n) is 7.30. The van der Waals surface area contributed by atoms with E-state index in [1.165, 1.54) is 28.9 Å². The average Bonchev–Trinajstić information content (AvgIpc) is 3.24. The molecule has 33 heavy (non-hydrogen) atoms. The Hall–Kier alpha value is -4.27. The third kappa shape index (κ3) is 5.32. The first-order valence-corrected chi connectivity index (χ1v) is 10.3. The summed E-state index contributed by atoms with van der Waals surface area (Å²) >= 11 is 0. The fourth-order valence-electron chi connectivity index (χ4n) is 3.34. The Balaban J connectivity index is 1.53. The number of carbonyl (C=O) groups excluding carboxylic acids is 1. The van der Waals surface area contributed by atoms with Crippen molar-refractivity contribution in [2.24, 2.45) is 7.05 Å². The molecule has 0 fully saturated rings. The van der Waals surface area contributed by atoms with E-state index in [1.54, 1.807) is 36.1 Å². The van der Waals surface area contributed by atoms with Gasteiger partial charge in [0.1, 0.15) is 35.7 Å². The summed E-state index contributed by atoms with van der Waals surface area (Å²) in [5.74, 6) is 0.252. The van der Waals surface area contributed by atoms with Gasteiger partial charge >= 0.3 is 0 Å². The Bertz CT molecular complexity index is 1300. The van der Waals surface area contributed by atoms with Gasteiger partial charge in [0.25, 0.3) is 11.5 Å². The number of nitrogens with zero attached hydrogens (tertiary/aromatic N) is 4. The predicted octanol–water partition coefficient (Wildman–Crippen LogP) is 2.71. The van der Waals surface area contributed by atoms with Crippen molar-refractivity contribution in [3.05, 3.63) is 112 Å². The lowest BCUT2D eigenvalue weighted by Crippen LogP contribution is -2.34. The van der Waals surface area contributed by atoms with E-state index in [1.807, 2.05) is 30.3 Å². The van der Waals surface area contributed by atoms with Gasteiger partial charge in [-0.25, -0.2) is 14.1 Å². The molecule has 1 unspecified atom stereocenters. The maximum atomic E-state index is 13.9. The number of nitrogens with one attached hydrogen (secondary N) is 1. The highest BCUT2D eigenvalue weighted by Gasteiger charge is 2.23. The van der Waals surface area contributed by atoms with Crippen LogP contribution in [0.4, 0.5) is 4.39 Å². The van der Waals surface area contributed by atoms with Crippen molar-refractivity contribution < 1.29 is 13.9 Å². The van der Waals surface area contributed by atoms with Crippen LogP contribution in [0.5, 0.6) is 5.75 Å². The van der Waals surface area contributed by atoms with Crippen molar-refractivity contribution in [2.75, 3.05) is 6.61 Å². The van der Waals surface area contributed by atoms with Gasteiger partial charge in [-0.05, 0) is 35.9 Å². The number of aromatic nitrogens is 4. The Morgan fingerprint density at radius 1 is 1.12 bits per heavy atom. The molecule has 0 aliphatic carbocycles. The van der Waals surface area contributed by atoms with E-state index in [9.17, 15) is 14.0 Å². The second kappa shape index (κ2) is 9.90. The van der Waals surface area contributed by atoms with Crippen molar-refractivity contribution in [3.63, 3.8) is 0 Å². The first-order chi connectivity index (χ1) is 16.0. The number of para-hydroxylation sites is 1. The Kier molecular flexibility index (Phi) is 6.58. The summed E-state index contributed by atoms with van der Waals surface area (Å²) < 4.78 is 22.4. The van der Waals surface area contributed by atoms with E-state index in [0.29, 0.717) is 17.1 Å². The molecular weight excluding hydrogens is 425 g/mol. The monoisotopic (exact) mass is 447 g/mol. The highest BCUT2D eigenvalue weighted by atomic mass is 19.1. The molecule has 0 aliphatic heterocycles. The SMILES string of the molecule is Cn1ccnc1C(NC(=O)c1ccc(=O)n(CCOc2ccccc2)n1)c1cccc(F)c1. The molecule has 4 rings (SSSR count). The zero-order valence-corrected chi connectivity index (χ0v) is 17.9. The van der Waals surface area contributed by atoms with Crippen LogP contribution in [-0.2, 0) is 13.6 Å². The van der Waals surface area contributed by atoms with Gasteiger partial charge in [0, 0.05) is 25.5 Å². The Morgan fingerprint density at radius 2 is 1.94 bits per heavy atom. The highest BCUT2D eigenvalue weighted by Crippen LogP contribution is 2.21. The van der Waals surface area contributed by atoms with Crippen LogP contribution in [0.1, 0.15) is 27.9 Å². The van der Waals surface area contributed by atoms with Crippen molar-refractivity contribution in [1.29, 1.82) is 0 Å². The van der Waals surface area contributed by atoms with Crippen molar-refractivity contribution in [1.82, 2.24) is 24.6 Å². The molecule has 8 nitrogen and oxygen atoms in total. The number of benzene rings is 2. The molecule has 1 atom stereocenters. The quantitative estimate of drug-likeness (QED) is 0.449. The minimum Gasteiger partial charge on any atom is -0.492 e. The van der Waals surface area contributed by atoms with Crippen LogP contribution in [0.3, 0.4) is 0 Å². The number of hydrogen-bond acceptors (Lipinski definition) is 5. The minimum atomic E-state index is -0.711. The lowest BCUT2D eigenvalue weighted by molar-refractivity contribution is 0.0933. The standard InChI is InChI=1S/C24H22FN5O3/c1-29-13-12-26-23(29)22(17-6-5-7-18(25)16-17)27-24(32)20-10-11-21(31)30(28-20)14-15-33-19-8-3-2-4-9-19/h2-13,16,22H,14-15H2,1H3,(H,27,32). The van der Waals surface area contributed by atoms with Gasteiger partial charge in [-0.3, -0.25) is 9.59 Å². The summed E-state index contributed by atoms with van der Waals surface area (Å²) in [6.07, 6.45) is 3.33. The van der Waals surface area contributed by atoms with Gasteiger partial charge in [-0.1, -0.05) is 30.3 Å². The number of imidazole rings is 1. The summed E-state index contributed by atoms with van der Waals surface area (Å²) in [5.41, 5.74) is 0.223. The summed E-state index contributed by atoms with van der Waals surface area (Å²) in [4.78, 5) is 29.5. The van der Waals surface area contributed by atoms with Gasteiger partial charge in [0.15, 0.2) is 0 Å². The molecule has 0 saturated carbocycles. The molecule has 2 heterocycles. The van der Waals surface area contributed by atoms with Gasteiger partial charge in [-0.15, -0.1) is 0 Å². The van der Waals surface area contributed by atoms with Crippen LogP contribution < -0.4 is 15.6 Å². The van der Waals surface area contributed by atoms with E-state index in [2.05, 4.69) is 15.4 Å². The smallest absolute Gasteiger partial charge is 0.272 e. The molecule has 0 spiro atoms. The summed E-state index contributed by atoms with van der Waals surface area (Å²) in [7, 11) is 1.78. The Labute approximate surface area is 189 Å². The van der Waals surface area contributed by atoms with Crippen LogP contribution in [-0.4, -0.2) is 31.8 Å². The summed E-state index contributed by atoms with van der Waals surface area (Å²) in [5, 5.41) is 7.03. The third-order valence-electron chi connectivity index (χ3n) is 4.99. The number of hydrogen-bond donors (Lipinski definition) is 1. The maximum Gasteiger partial charge on any atom is 0.272 e. The minimum absolute atomic E-state index is 0.0462. The molecule has 2 aromatic carbocycles. The first-order valence-electron chi connectivity index (χ1n) is 10.3. The van der Waals surface area contributed by atoms with E-state index in [0.717, 1.165) is 0 Å². The highest BCUT2D eigenvalue weighted by molar-refractivity contribution is 5.92. The van der Waals surface area contributed by atoms with Crippen LogP contribution in [0.15, 0.2) is 83.9 Å². The number of rotatable bonds is 8. The zero-order valence-electron chi connectivity index (χ0n) is 17.9. The van der Waals surface area contributed by atoms with Gasteiger partial charge < -0.3 is 14.6 Å². The summed E-state index contributed by atoms with van der Waals surface area (Å²) in [6, 6.07) is 17.1. The third-order valence-corrected chi connectivity index (χ3v) is 4.99. The zero-order chi connectivity index (χ0) is 23.2. The number of aryl methyl sites for hydroxylation is 1. The molecule has 9 heteroatoms. The summed E-state index contributed by atoms with van der Waals surface area (Å²) in [6.45, 7) is 0.378. The van der Waals surface area contributed by atoms with E-state index in [4.69, 9.17) is 4.74 Å². The van der Waals surface area contributed by atoms with Gasteiger partial charge in [-0.2, -0.15) is 5.10 Å². The van der Waals surface area contributed by atoms with Gasteiger partial charge in [0.2, 0.25) is 0 Å². The van der Waals surface area contributed by atoms with Crippen LogP contribution in [0, 0.1) is 5.82 Å². The van der Waals surface area contributed by atoms with E-state index < -0.39 is 17.8 Å². The normalized spacial score (nSPS) is 11.7. The predicted molar refractivity (Wildman–Crippen MR) is 119 cm³/mol. The number of amides is 1. The topological polar surface area (TPSA) is 91.0 Å². The van der Waals surface area contributed by atoms with Crippen molar-refractivity contribution in [3.8, 4) is 5.75 Å². The molecule has 1 N–H and O–H groups in total. The fraction of sp³-hybridized carbons (Fsp3) is 0.167. The van der Waals surface area contributed by atoms with Crippen LogP contribution >= 0.6 is 0 Å². The number of carbonyl (C=O) groups is 1. The van der Waals surface area contributed by atoms with Crippen LogP contribution in [0.25, 0.3) is 0 Å². The molecule has 0 aliphatic rings. The van der Waals surface area contributed by atoms with Gasteiger partial charge in [0.05, 0.1) is 6.54 Å². The molecule has 4 aromatic rings. The van der Waals surface area contributed by atoms with E-state index in [-0.39, 0.29) is 24.4 Å². The Morgan fingerprint density at radius 3 is 2.67 bits per heavy atom. The number of ether oxygens (including phenoxy) is 1. The lowest BCUT2D eigenvalue weighted by atomic mass is 10.1. The molecule has 0 bridgehead atoms. The molecule has 0 radical (unpaired) electrons. The molecule has 1 amide bonds. The molecule has 2 aromatic heterocycles. The van der Waals surface area contributed by atoms with Crippen molar-refractivity contribution in [2.45, 2.75) is 12.6 Å².